The van der Waals surface area contributed by atoms with Crippen molar-refractivity contribution in [1.82, 2.24) is 4.98 Å². The molecule has 3 heteroatoms. The molecule has 0 aliphatic rings. The van der Waals surface area contributed by atoms with Gasteiger partial charge in [-0.05, 0) is 12.1 Å². The average molecular weight is 271 g/mol. The highest BCUT2D eigenvalue weighted by atomic mass is 35.5. The molecule has 0 saturated heterocycles. The predicted molar refractivity (Wildman–Crippen MR) is 76.8 cm³/mol. The zero-order valence-electron chi connectivity index (χ0n) is 9.43. The van der Waals surface area contributed by atoms with Crippen LogP contribution in [0.1, 0.15) is 0 Å². The van der Waals surface area contributed by atoms with Crippen LogP contribution in [0.15, 0.2) is 53.9 Å². The minimum Gasteiger partial charge on any atom is -0.236 e. The van der Waals surface area contributed by atoms with Gasteiger partial charge in [-0.3, -0.25) is 0 Å². The lowest BCUT2D eigenvalue weighted by atomic mass is 10.2. The zero-order chi connectivity index (χ0) is 12.4. The van der Waals surface area contributed by atoms with Gasteiger partial charge in [-0.25, -0.2) is 4.98 Å². The standard InChI is InChI=1S/C15H9ClNS/c16-13-9-5-4-8-12(13)14-10-18-15(17-14)11-6-2-1-3-7-11/h2-10H. The Labute approximate surface area is 115 Å². The van der Waals surface area contributed by atoms with Gasteiger partial charge in [0, 0.05) is 21.5 Å². The first-order chi connectivity index (χ1) is 8.84. The van der Waals surface area contributed by atoms with E-state index in [9.17, 15) is 0 Å². The van der Waals surface area contributed by atoms with E-state index in [0.29, 0.717) is 0 Å². The Hall–Kier alpha value is -1.64. The molecule has 1 heterocycles. The topological polar surface area (TPSA) is 12.9 Å². The minimum absolute atomic E-state index is 0.732. The van der Waals surface area contributed by atoms with Gasteiger partial charge in [0.2, 0.25) is 0 Å². The summed E-state index contributed by atoms with van der Waals surface area (Å²) in [4.78, 5) is 4.63. The fourth-order valence-electron chi connectivity index (χ4n) is 1.73. The van der Waals surface area contributed by atoms with Crippen molar-refractivity contribution < 1.29 is 0 Å². The maximum atomic E-state index is 6.17. The first-order valence-corrected chi connectivity index (χ1v) is 6.77. The van der Waals surface area contributed by atoms with E-state index in [4.69, 9.17) is 11.6 Å². The minimum atomic E-state index is 0.732. The Morgan fingerprint density at radius 2 is 1.83 bits per heavy atom. The fourth-order valence-corrected chi connectivity index (χ4v) is 2.79. The summed E-state index contributed by atoms with van der Waals surface area (Å²) in [5.74, 6) is 0. The highest BCUT2D eigenvalue weighted by Gasteiger charge is 2.08. The molecule has 87 valence electrons. The van der Waals surface area contributed by atoms with Gasteiger partial charge in [0.25, 0.3) is 0 Å². The summed E-state index contributed by atoms with van der Waals surface area (Å²) in [5, 5.41) is 3.77. The molecule has 0 amide bonds. The number of benzene rings is 2. The van der Waals surface area contributed by atoms with E-state index in [1.54, 1.807) is 11.3 Å². The highest BCUT2D eigenvalue weighted by molar-refractivity contribution is 7.13. The first kappa shape index (κ1) is 11.5. The molecule has 0 N–H and O–H groups in total. The molecule has 0 saturated carbocycles. The molecule has 0 bridgehead atoms. The number of aromatic nitrogens is 1. The Morgan fingerprint density at radius 1 is 1.06 bits per heavy atom. The highest BCUT2D eigenvalue weighted by Crippen LogP contribution is 2.32. The summed E-state index contributed by atoms with van der Waals surface area (Å²) >= 11 is 7.80. The lowest BCUT2D eigenvalue weighted by molar-refractivity contribution is 1.40. The SMILES string of the molecule is Clc1ccccc1-c1csc(-c2cc[c]cc2)n1. The summed E-state index contributed by atoms with van der Waals surface area (Å²) in [7, 11) is 0. The lowest BCUT2D eigenvalue weighted by Crippen LogP contribution is -1.80. The van der Waals surface area contributed by atoms with Crippen LogP contribution in [-0.4, -0.2) is 4.98 Å². The summed E-state index contributed by atoms with van der Waals surface area (Å²) < 4.78 is 0. The van der Waals surface area contributed by atoms with Crippen molar-refractivity contribution >= 4 is 22.9 Å². The normalized spacial score (nSPS) is 10.5. The molecule has 0 aliphatic carbocycles. The monoisotopic (exact) mass is 270 g/mol. The van der Waals surface area contributed by atoms with E-state index in [1.165, 1.54) is 0 Å². The van der Waals surface area contributed by atoms with Gasteiger partial charge in [-0.1, -0.05) is 54.1 Å². The van der Waals surface area contributed by atoms with Gasteiger partial charge in [0.15, 0.2) is 0 Å². The quantitative estimate of drug-likeness (QED) is 0.643. The number of hydrogen-bond acceptors (Lipinski definition) is 2. The average Bonchev–Trinajstić information content (AvgIpc) is 2.90. The van der Waals surface area contributed by atoms with Gasteiger partial charge in [0.05, 0.1) is 5.69 Å². The van der Waals surface area contributed by atoms with Gasteiger partial charge in [-0.2, -0.15) is 0 Å². The third-order valence-corrected chi connectivity index (χ3v) is 3.84. The van der Waals surface area contributed by atoms with E-state index < -0.39 is 0 Å². The summed E-state index contributed by atoms with van der Waals surface area (Å²) in [6.07, 6.45) is 0. The number of rotatable bonds is 2. The molecule has 1 aromatic heterocycles. The maximum Gasteiger partial charge on any atom is 0.124 e. The molecule has 3 rings (SSSR count). The van der Waals surface area contributed by atoms with Crippen molar-refractivity contribution in [3.05, 3.63) is 65.0 Å². The van der Waals surface area contributed by atoms with Crippen LogP contribution in [-0.2, 0) is 0 Å². The van der Waals surface area contributed by atoms with Gasteiger partial charge < -0.3 is 0 Å². The second kappa shape index (κ2) is 4.92. The molecule has 0 fully saturated rings. The van der Waals surface area contributed by atoms with E-state index in [2.05, 4.69) is 11.1 Å². The second-order valence-corrected chi connectivity index (χ2v) is 5.07. The zero-order valence-corrected chi connectivity index (χ0v) is 11.0. The Balaban J connectivity index is 2.03. The number of halogens is 1. The molecule has 1 radical (unpaired) electrons. The lowest BCUT2D eigenvalue weighted by Gasteiger charge is -1.99. The second-order valence-electron chi connectivity index (χ2n) is 3.81. The smallest absolute Gasteiger partial charge is 0.124 e. The third-order valence-electron chi connectivity index (χ3n) is 2.62. The van der Waals surface area contributed by atoms with Crippen LogP contribution < -0.4 is 0 Å². The molecule has 0 spiro atoms. The maximum absolute atomic E-state index is 6.17. The molecule has 1 nitrogen and oxygen atoms in total. The van der Waals surface area contributed by atoms with Crippen LogP contribution in [0.5, 0.6) is 0 Å². The van der Waals surface area contributed by atoms with Crippen molar-refractivity contribution in [1.29, 1.82) is 0 Å². The first-order valence-electron chi connectivity index (χ1n) is 5.51. The molecular formula is C15H9ClNS. The van der Waals surface area contributed by atoms with E-state index in [1.807, 2.05) is 53.9 Å². The fraction of sp³-hybridized carbons (Fsp3) is 0. The summed E-state index contributed by atoms with van der Waals surface area (Å²) in [6, 6.07) is 18.6. The van der Waals surface area contributed by atoms with Crippen LogP contribution >= 0.6 is 22.9 Å². The molecular weight excluding hydrogens is 262 g/mol. The Morgan fingerprint density at radius 3 is 2.61 bits per heavy atom. The molecule has 0 atom stereocenters. The van der Waals surface area contributed by atoms with Crippen LogP contribution in [0, 0.1) is 6.07 Å². The van der Waals surface area contributed by atoms with Crippen LogP contribution in [0.2, 0.25) is 5.02 Å². The van der Waals surface area contributed by atoms with Crippen molar-refractivity contribution in [3.63, 3.8) is 0 Å². The third kappa shape index (κ3) is 2.17. The Kier molecular flexibility index (Phi) is 3.13. The molecule has 0 unspecified atom stereocenters. The van der Waals surface area contributed by atoms with Crippen molar-refractivity contribution in [2.45, 2.75) is 0 Å². The Bertz CT molecular complexity index is 661. The van der Waals surface area contributed by atoms with Gasteiger partial charge in [-0.15, -0.1) is 11.3 Å². The van der Waals surface area contributed by atoms with Crippen molar-refractivity contribution in [3.8, 4) is 21.8 Å². The molecule has 2 aromatic carbocycles. The molecule has 3 aromatic rings. The summed E-state index contributed by atoms with van der Waals surface area (Å²) in [6.45, 7) is 0. The van der Waals surface area contributed by atoms with E-state index >= 15 is 0 Å². The van der Waals surface area contributed by atoms with E-state index in [0.717, 1.165) is 26.9 Å². The molecule has 18 heavy (non-hydrogen) atoms. The van der Waals surface area contributed by atoms with Crippen LogP contribution in [0.4, 0.5) is 0 Å². The predicted octanol–water partition coefficient (Wildman–Crippen LogP) is 4.93. The number of thiazole rings is 1. The van der Waals surface area contributed by atoms with Gasteiger partial charge >= 0.3 is 0 Å². The number of hydrogen-bond donors (Lipinski definition) is 0. The summed E-state index contributed by atoms with van der Waals surface area (Å²) in [5.41, 5.74) is 3.01. The van der Waals surface area contributed by atoms with Crippen molar-refractivity contribution in [2.24, 2.45) is 0 Å². The van der Waals surface area contributed by atoms with Crippen LogP contribution in [0.3, 0.4) is 0 Å². The number of nitrogens with zero attached hydrogens (tertiary/aromatic N) is 1. The van der Waals surface area contributed by atoms with Crippen molar-refractivity contribution in [2.75, 3.05) is 0 Å². The van der Waals surface area contributed by atoms with E-state index in [-0.39, 0.29) is 0 Å². The van der Waals surface area contributed by atoms with Gasteiger partial charge in [0.1, 0.15) is 5.01 Å². The largest absolute Gasteiger partial charge is 0.236 e. The van der Waals surface area contributed by atoms with Crippen LogP contribution in [0.25, 0.3) is 21.8 Å². The molecule has 0 aliphatic heterocycles.